The van der Waals surface area contributed by atoms with Crippen LogP contribution in [0.3, 0.4) is 0 Å². The van der Waals surface area contributed by atoms with Gasteiger partial charge in [-0.25, -0.2) is 8.42 Å². The summed E-state index contributed by atoms with van der Waals surface area (Å²) >= 11 is 0. The van der Waals surface area contributed by atoms with Crippen LogP contribution in [0.2, 0.25) is 0 Å². The Bertz CT molecular complexity index is 369. The number of sulfone groups is 1. The molecule has 0 amide bonds. The zero-order valence-electron chi connectivity index (χ0n) is 11.3. The lowest BCUT2D eigenvalue weighted by Crippen LogP contribution is -2.43. The molecule has 18 heavy (non-hydrogen) atoms. The average Bonchev–Trinajstić information content (AvgIpc) is 2.97. The Kier molecular flexibility index (Phi) is 4.67. The Labute approximate surface area is 111 Å². The lowest BCUT2D eigenvalue weighted by Gasteiger charge is -2.30. The van der Waals surface area contributed by atoms with Crippen LogP contribution >= 0.6 is 0 Å². The Morgan fingerprint density at radius 2 is 2.11 bits per heavy atom. The molecule has 3 N–H and O–H groups in total. The molecule has 0 radical (unpaired) electrons. The van der Waals surface area contributed by atoms with Crippen molar-refractivity contribution in [3.8, 4) is 0 Å². The summed E-state index contributed by atoms with van der Waals surface area (Å²) in [5.41, 5.74) is 2.94. The Hall–Kier alpha value is -0.130. The van der Waals surface area contributed by atoms with Crippen LogP contribution in [0, 0.1) is 17.8 Å². The molecule has 0 aliphatic heterocycles. The van der Waals surface area contributed by atoms with Crippen molar-refractivity contribution >= 4 is 9.84 Å². The van der Waals surface area contributed by atoms with Gasteiger partial charge in [0, 0.05) is 11.8 Å². The number of nitrogens with one attached hydrogen (secondary N) is 1. The molecule has 0 aromatic rings. The summed E-state index contributed by atoms with van der Waals surface area (Å²) in [6, 6.07) is 0.312. The summed E-state index contributed by atoms with van der Waals surface area (Å²) in [4.78, 5) is 0. The van der Waals surface area contributed by atoms with Crippen molar-refractivity contribution in [3.05, 3.63) is 0 Å². The molecular weight excluding hydrogens is 248 g/mol. The first-order valence-corrected chi connectivity index (χ1v) is 9.04. The third-order valence-corrected chi connectivity index (χ3v) is 6.72. The van der Waals surface area contributed by atoms with E-state index in [0.29, 0.717) is 17.7 Å². The summed E-state index contributed by atoms with van der Waals surface area (Å²) in [7, 11) is -2.83. The molecular formula is C13H26N2O2S. The van der Waals surface area contributed by atoms with E-state index in [1.165, 1.54) is 25.7 Å². The molecule has 0 aromatic carbocycles. The van der Waals surface area contributed by atoms with Gasteiger partial charge in [0.2, 0.25) is 0 Å². The molecule has 2 bridgehead atoms. The summed E-state index contributed by atoms with van der Waals surface area (Å²) in [5, 5.41) is 0. The summed E-state index contributed by atoms with van der Waals surface area (Å²) in [5.74, 6) is 8.65. The average molecular weight is 274 g/mol. The van der Waals surface area contributed by atoms with Gasteiger partial charge in [0.05, 0.1) is 5.75 Å². The van der Waals surface area contributed by atoms with Crippen LogP contribution in [-0.2, 0) is 9.84 Å². The highest BCUT2D eigenvalue weighted by Crippen LogP contribution is 2.49. The van der Waals surface area contributed by atoms with Crippen LogP contribution in [0.4, 0.5) is 0 Å². The Morgan fingerprint density at radius 1 is 1.33 bits per heavy atom. The van der Waals surface area contributed by atoms with E-state index in [1.807, 2.05) is 0 Å². The van der Waals surface area contributed by atoms with Crippen molar-refractivity contribution < 1.29 is 8.42 Å². The third-order valence-electron chi connectivity index (χ3n) is 4.93. The van der Waals surface area contributed by atoms with Gasteiger partial charge >= 0.3 is 0 Å². The zero-order chi connectivity index (χ0) is 13.2. The highest BCUT2D eigenvalue weighted by molar-refractivity contribution is 7.91. The standard InChI is InChI=1S/C13H26N2O2S/c1-2-18(16,17)7-3-4-13(15-14)12-9-10-5-6-11(12)8-10/h10-13,15H,2-9,14H2,1H3. The minimum absolute atomic E-state index is 0.252. The van der Waals surface area contributed by atoms with Gasteiger partial charge in [-0.1, -0.05) is 13.3 Å². The highest BCUT2D eigenvalue weighted by atomic mass is 32.2. The Morgan fingerprint density at radius 3 is 2.61 bits per heavy atom. The lowest BCUT2D eigenvalue weighted by molar-refractivity contribution is 0.239. The predicted molar refractivity (Wildman–Crippen MR) is 73.6 cm³/mol. The third kappa shape index (κ3) is 3.25. The van der Waals surface area contributed by atoms with Gasteiger partial charge < -0.3 is 0 Å². The van der Waals surface area contributed by atoms with Crippen LogP contribution in [0.5, 0.6) is 0 Å². The van der Waals surface area contributed by atoms with Crippen LogP contribution in [0.15, 0.2) is 0 Å². The SMILES string of the molecule is CCS(=O)(=O)CCCC(NN)C1CC2CCC1C2. The second-order valence-corrected chi connectivity index (χ2v) is 8.46. The molecule has 4 nitrogen and oxygen atoms in total. The normalized spacial score (nSPS) is 32.9. The lowest BCUT2D eigenvalue weighted by atomic mass is 9.82. The second-order valence-electron chi connectivity index (χ2n) is 5.99. The van der Waals surface area contributed by atoms with E-state index in [9.17, 15) is 8.42 Å². The number of nitrogens with two attached hydrogens (primary N) is 1. The first-order chi connectivity index (χ1) is 8.55. The molecule has 2 saturated carbocycles. The molecule has 4 unspecified atom stereocenters. The minimum atomic E-state index is -2.83. The molecule has 4 atom stereocenters. The monoisotopic (exact) mass is 274 g/mol. The van der Waals surface area contributed by atoms with Crippen molar-refractivity contribution in [1.29, 1.82) is 0 Å². The molecule has 0 aromatic heterocycles. The maximum Gasteiger partial charge on any atom is 0.150 e. The van der Waals surface area contributed by atoms with Gasteiger partial charge in [0.25, 0.3) is 0 Å². The van der Waals surface area contributed by atoms with E-state index in [4.69, 9.17) is 5.84 Å². The smallest absolute Gasteiger partial charge is 0.150 e. The maximum absolute atomic E-state index is 11.5. The van der Waals surface area contributed by atoms with Gasteiger partial charge in [-0.3, -0.25) is 11.3 Å². The fourth-order valence-electron chi connectivity index (χ4n) is 3.88. The van der Waals surface area contributed by atoms with Gasteiger partial charge in [-0.2, -0.15) is 0 Å². The highest BCUT2D eigenvalue weighted by Gasteiger charge is 2.42. The molecule has 0 spiro atoms. The van der Waals surface area contributed by atoms with Crippen molar-refractivity contribution in [1.82, 2.24) is 5.43 Å². The molecule has 2 aliphatic carbocycles. The number of hydrogen-bond donors (Lipinski definition) is 2. The number of rotatable bonds is 7. The number of fused-ring (bicyclic) bond motifs is 2. The first-order valence-electron chi connectivity index (χ1n) is 7.22. The van der Waals surface area contributed by atoms with Crippen LogP contribution < -0.4 is 11.3 Å². The molecule has 5 heteroatoms. The first kappa shape index (κ1) is 14.3. The minimum Gasteiger partial charge on any atom is -0.271 e. The quantitative estimate of drug-likeness (QED) is 0.545. The topological polar surface area (TPSA) is 72.2 Å². The molecule has 2 aliphatic rings. The molecule has 0 heterocycles. The fraction of sp³-hybridized carbons (Fsp3) is 1.00. The summed E-state index contributed by atoms with van der Waals surface area (Å²) in [6.45, 7) is 1.71. The largest absolute Gasteiger partial charge is 0.271 e. The van der Waals surface area contributed by atoms with E-state index < -0.39 is 9.84 Å². The fourth-order valence-corrected chi connectivity index (χ4v) is 4.77. The van der Waals surface area contributed by atoms with Gasteiger partial charge in [-0.05, 0) is 49.9 Å². The second kappa shape index (κ2) is 5.88. The van der Waals surface area contributed by atoms with E-state index >= 15 is 0 Å². The van der Waals surface area contributed by atoms with Crippen molar-refractivity contribution in [2.24, 2.45) is 23.6 Å². The maximum atomic E-state index is 11.5. The summed E-state index contributed by atoms with van der Waals surface area (Å²) < 4.78 is 22.9. The summed E-state index contributed by atoms with van der Waals surface area (Å²) in [6.07, 6.45) is 7.03. The van der Waals surface area contributed by atoms with E-state index in [-0.39, 0.29) is 5.75 Å². The predicted octanol–water partition coefficient (Wildman–Crippen LogP) is 1.47. The van der Waals surface area contributed by atoms with Crippen LogP contribution in [-0.4, -0.2) is 26.0 Å². The van der Waals surface area contributed by atoms with Crippen LogP contribution in [0.25, 0.3) is 0 Å². The number of hydrazine groups is 1. The Balaban J connectivity index is 1.80. The number of hydrogen-bond acceptors (Lipinski definition) is 4. The van der Waals surface area contributed by atoms with E-state index in [1.54, 1.807) is 6.92 Å². The molecule has 106 valence electrons. The van der Waals surface area contributed by atoms with Crippen molar-refractivity contribution in [2.45, 2.75) is 51.5 Å². The van der Waals surface area contributed by atoms with Crippen molar-refractivity contribution in [3.63, 3.8) is 0 Å². The molecule has 0 saturated heterocycles. The van der Waals surface area contributed by atoms with Gasteiger partial charge in [-0.15, -0.1) is 0 Å². The molecule has 2 rings (SSSR count). The zero-order valence-corrected chi connectivity index (χ0v) is 12.1. The molecule has 2 fully saturated rings. The van der Waals surface area contributed by atoms with Gasteiger partial charge in [0.15, 0.2) is 0 Å². The van der Waals surface area contributed by atoms with Crippen molar-refractivity contribution in [2.75, 3.05) is 11.5 Å². The van der Waals surface area contributed by atoms with E-state index in [0.717, 1.165) is 24.7 Å². The van der Waals surface area contributed by atoms with Crippen LogP contribution in [0.1, 0.15) is 45.4 Å². The van der Waals surface area contributed by atoms with E-state index in [2.05, 4.69) is 5.43 Å². The van der Waals surface area contributed by atoms with Gasteiger partial charge in [0.1, 0.15) is 9.84 Å².